The van der Waals surface area contributed by atoms with Gasteiger partial charge < -0.3 is 15.1 Å². The quantitative estimate of drug-likeness (QED) is 0.664. The first-order valence-corrected chi connectivity index (χ1v) is 6.27. The Morgan fingerprint density at radius 1 is 1.14 bits per heavy atom. The van der Waals surface area contributed by atoms with E-state index in [9.17, 15) is 15.0 Å². The van der Waals surface area contributed by atoms with E-state index >= 15 is 0 Å². The molecule has 0 fully saturated rings. The standard InChI is InChI=1S/C16H14N2O3/c1-18(13-5-2-11(9-17)3-6-13)10-16(21)12-4-7-14(19)15(20)8-12/h2-8,19-20H,10H2,1H3. The first kappa shape index (κ1) is 14.4. The van der Waals surface area contributed by atoms with Gasteiger partial charge in [-0.15, -0.1) is 0 Å². The molecule has 0 amide bonds. The molecular weight excluding hydrogens is 268 g/mol. The molecule has 5 heteroatoms. The lowest BCUT2D eigenvalue weighted by molar-refractivity contribution is 0.1000. The Labute approximate surface area is 122 Å². The van der Waals surface area contributed by atoms with Crippen LogP contribution in [0.15, 0.2) is 42.5 Å². The summed E-state index contributed by atoms with van der Waals surface area (Å²) in [6.45, 7) is 0.121. The van der Waals surface area contributed by atoms with E-state index in [1.165, 1.54) is 18.2 Å². The summed E-state index contributed by atoms with van der Waals surface area (Å²) in [5, 5.41) is 27.4. The predicted octanol–water partition coefficient (Wildman–Crippen LogP) is 2.29. The molecule has 0 saturated heterocycles. The summed E-state index contributed by atoms with van der Waals surface area (Å²) in [6.07, 6.45) is 0. The lowest BCUT2D eigenvalue weighted by Crippen LogP contribution is -2.25. The largest absolute Gasteiger partial charge is 0.504 e. The number of benzene rings is 2. The van der Waals surface area contributed by atoms with E-state index in [0.29, 0.717) is 11.1 Å². The summed E-state index contributed by atoms with van der Waals surface area (Å²) in [4.78, 5) is 13.9. The van der Waals surface area contributed by atoms with Crippen molar-refractivity contribution in [1.82, 2.24) is 0 Å². The molecule has 0 saturated carbocycles. The van der Waals surface area contributed by atoms with Gasteiger partial charge in [0.25, 0.3) is 0 Å². The van der Waals surface area contributed by atoms with Gasteiger partial charge in [0.05, 0.1) is 18.2 Å². The number of likely N-dealkylation sites (N-methyl/N-ethyl adjacent to an activating group) is 1. The highest BCUT2D eigenvalue weighted by atomic mass is 16.3. The number of phenolic OH excluding ortho intramolecular Hbond substituents is 2. The number of aromatic hydroxyl groups is 2. The maximum Gasteiger partial charge on any atom is 0.182 e. The molecule has 0 aliphatic carbocycles. The van der Waals surface area contributed by atoms with Gasteiger partial charge in [-0.1, -0.05) is 0 Å². The molecule has 0 bridgehead atoms. The number of nitriles is 1. The van der Waals surface area contributed by atoms with Gasteiger partial charge >= 0.3 is 0 Å². The third-order valence-corrected chi connectivity index (χ3v) is 3.12. The van der Waals surface area contributed by atoms with E-state index in [1.807, 2.05) is 6.07 Å². The highest BCUT2D eigenvalue weighted by molar-refractivity contribution is 5.99. The van der Waals surface area contributed by atoms with E-state index in [1.54, 1.807) is 36.2 Å². The molecule has 0 aromatic heterocycles. The highest BCUT2D eigenvalue weighted by Gasteiger charge is 2.12. The zero-order valence-corrected chi connectivity index (χ0v) is 11.4. The van der Waals surface area contributed by atoms with Crippen LogP contribution in [-0.2, 0) is 0 Å². The molecule has 2 N–H and O–H groups in total. The fourth-order valence-corrected chi connectivity index (χ4v) is 1.89. The number of carbonyl (C=O) groups is 1. The summed E-state index contributed by atoms with van der Waals surface area (Å²) >= 11 is 0. The molecule has 2 rings (SSSR count). The lowest BCUT2D eigenvalue weighted by Gasteiger charge is -2.18. The maximum atomic E-state index is 12.1. The van der Waals surface area contributed by atoms with Crippen molar-refractivity contribution < 1.29 is 15.0 Å². The Morgan fingerprint density at radius 2 is 1.81 bits per heavy atom. The zero-order valence-electron chi connectivity index (χ0n) is 11.4. The van der Waals surface area contributed by atoms with Crippen LogP contribution in [0.5, 0.6) is 11.5 Å². The van der Waals surface area contributed by atoms with Crippen LogP contribution in [0.1, 0.15) is 15.9 Å². The maximum absolute atomic E-state index is 12.1. The number of rotatable bonds is 4. The average Bonchev–Trinajstić information content (AvgIpc) is 2.50. The fraction of sp³-hybridized carbons (Fsp3) is 0.125. The summed E-state index contributed by atoms with van der Waals surface area (Å²) in [5.41, 5.74) is 1.69. The van der Waals surface area contributed by atoms with Gasteiger partial charge in [0.1, 0.15) is 0 Å². The third-order valence-electron chi connectivity index (χ3n) is 3.12. The number of carbonyl (C=O) groups excluding carboxylic acids is 1. The number of hydrogen-bond acceptors (Lipinski definition) is 5. The number of nitrogens with zero attached hydrogens (tertiary/aromatic N) is 2. The molecule has 0 unspecified atom stereocenters. The molecule has 21 heavy (non-hydrogen) atoms. The van der Waals surface area contributed by atoms with E-state index in [2.05, 4.69) is 0 Å². The first-order valence-electron chi connectivity index (χ1n) is 6.27. The number of ketones is 1. The van der Waals surface area contributed by atoms with Gasteiger partial charge in [0, 0.05) is 18.3 Å². The molecule has 0 aliphatic heterocycles. The summed E-state index contributed by atoms with van der Waals surface area (Å²) in [5.74, 6) is -0.758. The SMILES string of the molecule is CN(CC(=O)c1ccc(O)c(O)c1)c1ccc(C#N)cc1. The van der Waals surface area contributed by atoms with Crippen molar-refractivity contribution in [2.75, 3.05) is 18.5 Å². The Kier molecular flexibility index (Phi) is 4.10. The Morgan fingerprint density at radius 3 is 2.38 bits per heavy atom. The lowest BCUT2D eigenvalue weighted by atomic mass is 10.1. The second-order valence-corrected chi connectivity index (χ2v) is 4.64. The zero-order chi connectivity index (χ0) is 15.4. The topological polar surface area (TPSA) is 84.6 Å². The van der Waals surface area contributed by atoms with E-state index in [0.717, 1.165) is 5.69 Å². The second kappa shape index (κ2) is 5.97. The molecule has 0 atom stereocenters. The van der Waals surface area contributed by atoms with E-state index in [4.69, 9.17) is 5.26 Å². The predicted molar refractivity (Wildman–Crippen MR) is 78.5 cm³/mol. The number of anilines is 1. The molecule has 5 nitrogen and oxygen atoms in total. The minimum absolute atomic E-state index is 0.121. The molecule has 0 aliphatic rings. The Hall–Kier alpha value is -3.00. The number of hydrogen-bond donors (Lipinski definition) is 2. The average molecular weight is 282 g/mol. The van der Waals surface area contributed by atoms with Crippen molar-refractivity contribution in [1.29, 1.82) is 5.26 Å². The van der Waals surface area contributed by atoms with Crippen LogP contribution in [-0.4, -0.2) is 29.6 Å². The smallest absolute Gasteiger partial charge is 0.182 e. The van der Waals surface area contributed by atoms with Gasteiger partial charge in [-0.2, -0.15) is 5.26 Å². The van der Waals surface area contributed by atoms with Gasteiger partial charge in [0.2, 0.25) is 0 Å². The van der Waals surface area contributed by atoms with Gasteiger partial charge in [-0.05, 0) is 42.5 Å². The number of phenols is 2. The second-order valence-electron chi connectivity index (χ2n) is 4.64. The van der Waals surface area contributed by atoms with Crippen molar-refractivity contribution in [3.05, 3.63) is 53.6 Å². The molecule has 0 radical (unpaired) electrons. The highest BCUT2D eigenvalue weighted by Crippen LogP contribution is 2.25. The van der Waals surface area contributed by atoms with Gasteiger partial charge in [0.15, 0.2) is 17.3 Å². The van der Waals surface area contributed by atoms with E-state index < -0.39 is 0 Å². The van der Waals surface area contributed by atoms with Crippen molar-refractivity contribution in [3.63, 3.8) is 0 Å². The number of Topliss-reactive ketones (excluding diaryl/α,β-unsaturated/α-hetero) is 1. The van der Waals surface area contributed by atoms with Crippen LogP contribution in [0.3, 0.4) is 0 Å². The molecule has 2 aromatic carbocycles. The first-order chi connectivity index (χ1) is 10.0. The Bertz CT molecular complexity index is 702. The molecule has 0 heterocycles. The van der Waals surface area contributed by atoms with E-state index in [-0.39, 0.29) is 23.8 Å². The summed E-state index contributed by atoms with van der Waals surface area (Å²) < 4.78 is 0. The van der Waals surface area contributed by atoms with Crippen molar-refractivity contribution in [3.8, 4) is 17.6 Å². The van der Waals surface area contributed by atoms with Crippen LogP contribution >= 0.6 is 0 Å². The van der Waals surface area contributed by atoms with Crippen molar-refractivity contribution in [2.24, 2.45) is 0 Å². The van der Waals surface area contributed by atoms with Crippen LogP contribution < -0.4 is 4.90 Å². The monoisotopic (exact) mass is 282 g/mol. The molecule has 0 spiro atoms. The van der Waals surface area contributed by atoms with Gasteiger partial charge in [-0.3, -0.25) is 4.79 Å². The molecule has 106 valence electrons. The fourth-order valence-electron chi connectivity index (χ4n) is 1.89. The van der Waals surface area contributed by atoms with Crippen LogP contribution in [0.25, 0.3) is 0 Å². The normalized spacial score (nSPS) is 9.90. The minimum Gasteiger partial charge on any atom is -0.504 e. The van der Waals surface area contributed by atoms with Crippen LogP contribution in [0.4, 0.5) is 5.69 Å². The minimum atomic E-state index is -0.318. The van der Waals surface area contributed by atoms with Crippen LogP contribution in [0, 0.1) is 11.3 Å². The van der Waals surface area contributed by atoms with Gasteiger partial charge in [-0.25, -0.2) is 0 Å². The molecular formula is C16H14N2O3. The summed E-state index contributed by atoms with van der Waals surface area (Å²) in [6, 6.07) is 12.9. The van der Waals surface area contributed by atoms with Crippen LogP contribution in [0.2, 0.25) is 0 Å². The Balaban J connectivity index is 2.10. The van der Waals surface area contributed by atoms with Crippen molar-refractivity contribution >= 4 is 11.5 Å². The third kappa shape index (κ3) is 3.31. The summed E-state index contributed by atoms with van der Waals surface area (Å²) in [7, 11) is 1.76. The molecule has 2 aromatic rings. The van der Waals surface area contributed by atoms with Crippen molar-refractivity contribution in [2.45, 2.75) is 0 Å².